The van der Waals surface area contributed by atoms with Crippen molar-refractivity contribution in [2.75, 3.05) is 0 Å². The molecule has 0 radical (unpaired) electrons. The van der Waals surface area contributed by atoms with Crippen molar-refractivity contribution < 1.29 is 4.74 Å². The maximum atomic E-state index is 6.26. The molecule has 1 atom stereocenters. The molecule has 0 unspecified atom stereocenters. The molecule has 0 aliphatic carbocycles. The quantitative estimate of drug-likeness (QED) is 0.828. The third-order valence-electron chi connectivity index (χ3n) is 3.77. The molecule has 1 heterocycles. The first-order chi connectivity index (χ1) is 7.60. The largest absolute Gasteiger partial charge is 0.487 e. The molecule has 1 aromatic carbocycles. The molecule has 2 nitrogen and oxygen atoms in total. The van der Waals surface area contributed by atoms with Gasteiger partial charge in [-0.2, -0.15) is 0 Å². The zero-order chi connectivity index (χ0) is 11.8. The molecule has 1 aliphatic rings. The van der Waals surface area contributed by atoms with Gasteiger partial charge in [0.2, 0.25) is 0 Å². The summed E-state index contributed by atoms with van der Waals surface area (Å²) in [6, 6.07) is 6.41. The van der Waals surface area contributed by atoms with Crippen LogP contribution in [0.5, 0.6) is 5.75 Å². The highest BCUT2D eigenvalue weighted by Crippen LogP contribution is 2.41. The fourth-order valence-corrected chi connectivity index (χ4v) is 2.52. The molecule has 88 valence electrons. The van der Waals surface area contributed by atoms with Gasteiger partial charge in [0.25, 0.3) is 0 Å². The Morgan fingerprint density at radius 1 is 1.38 bits per heavy atom. The van der Waals surface area contributed by atoms with Crippen molar-refractivity contribution in [2.24, 2.45) is 5.73 Å². The van der Waals surface area contributed by atoms with Gasteiger partial charge >= 0.3 is 0 Å². The number of benzene rings is 1. The van der Waals surface area contributed by atoms with Crippen molar-refractivity contribution in [1.29, 1.82) is 0 Å². The van der Waals surface area contributed by atoms with E-state index in [-0.39, 0.29) is 11.6 Å². The number of ether oxygens (including phenoxy) is 1. The molecule has 1 aliphatic heterocycles. The number of aryl methyl sites for hydroxylation is 1. The summed E-state index contributed by atoms with van der Waals surface area (Å²) in [6.45, 7) is 6.44. The van der Waals surface area contributed by atoms with Crippen LogP contribution in [0.2, 0.25) is 0 Å². The van der Waals surface area contributed by atoms with Gasteiger partial charge in [0.1, 0.15) is 11.4 Å². The molecule has 0 spiro atoms. The Morgan fingerprint density at radius 3 is 2.69 bits per heavy atom. The number of hydrogen-bond donors (Lipinski definition) is 1. The van der Waals surface area contributed by atoms with Gasteiger partial charge in [0, 0.05) is 18.0 Å². The Kier molecular flexibility index (Phi) is 2.94. The van der Waals surface area contributed by atoms with Gasteiger partial charge in [0.15, 0.2) is 0 Å². The van der Waals surface area contributed by atoms with E-state index in [1.54, 1.807) is 0 Å². The van der Waals surface area contributed by atoms with E-state index in [2.05, 4.69) is 39.0 Å². The first-order valence-corrected chi connectivity index (χ1v) is 6.15. The van der Waals surface area contributed by atoms with Crippen LogP contribution in [0.25, 0.3) is 0 Å². The lowest BCUT2D eigenvalue weighted by molar-refractivity contribution is 0.0282. The monoisotopic (exact) mass is 219 g/mol. The summed E-state index contributed by atoms with van der Waals surface area (Å²) in [7, 11) is 0. The van der Waals surface area contributed by atoms with Crippen molar-refractivity contribution in [3.63, 3.8) is 0 Å². The first-order valence-electron chi connectivity index (χ1n) is 6.15. The average Bonchev–Trinajstić information content (AvgIpc) is 2.30. The van der Waals surface area contributed by atoms with Gasteiger partial charge in [-0.25, -0.2) is 0 Å². The van der Waals surface area contributed by atoms with E-state index in [0.717, 1.165) is 30.6 Å². The minimum atomic E-state index is -0.0539. The van der Waals surface area contributed by atoms with E-state index in [0.29, 0.717) is 0 Å². The van der Waals surface area contributed by atoms with Crippen LogP contribution in [0.4, 0.5) is 0 Å². The van der Waals surface area contributed by atoms with Gasteiger partial charge in [-0.05, 0) is 25.8 Å². The lowest BCUT2D eigenvalue weighted by Crippen LogP contribution is -2.41. The number of fused-ring (bicyclic) bond motifs is 1. The second-order valence-electron chi connectivity index (χ2n) is 4.84. The SMILES string of the molecule is CCC1(CC)C[C@H](N)c2cc(C)ccc2O1. The second kappa shape index (κ2) is 4.10. The van der Waals surface area contributed by atoms with E-state index in [4.69, 9.17) is 10.5 Å². The van der Waals surface area contributed by atoms with Crippen molar-refractivity contribution >= 4 is 0 Å². The molecular weight excluding hydrogens is 198 g/mol. The molecular formula is C14H21NO. The van der Waals surface area contributed by atoms with Crippen molar-refractivity contribution in [3.05, 3.63) is 29.3 Å². The van der Waals surface area contributed by atoms with Crippen molar-refractivity contribution in [1.82, 2.24) is 0 Å². The first kappa shape index (κ1) is 11.5. The van der Waals surface area contributed by atoms with E-state index < -0.39 is 0 Å². The minimum Gasteiger partial charge on any atom is -0.487 e. The van der Waals surface area contributed by atoms with E-state index in [1.807, 2.05) is 0 Å². The van der Waals surface area contributed by atoms with Gasteiger partial charge in [-0.15, -0.1) is 0 Å². The Morgan fingerprint density at radius 2 is 2.06 bits per heavy atom. The Balaban J connectivity index is 2.40. The maximum absolute atomic E-state index is 6.26. The van der Waals surface area contributed by atoms with Crippen molar-refractivity contribution in [3.8, 4) is 5.75 Å². The summed E-state index contributed by atoms with van der Waals surface area (Å²) >= 11 is 0. The topological polar surface area (TPSA) is 35.2 Å². The van der Waals surface area contributed by atoms with Crippen LogP contribution in [0, 0.1) is 6.92 Å². The summed E-state index contributed by atoms with van der Waals surface area (Å²) in [4.78, 5) is 0. The average molecular weight is 219 g/mol. The van der Waals surface area contributed by atoms with Gasteiger partial charge < -0.3 is 10.5 Å². The minimum absolute atomic E-state index is 0.0539. The summed E-state index contributed by atoms with van der Waals surface area (Å²) in [5.41, 5.74) is 8.62. The molecule has 0 aromatic heterocycles. The van der Waals surface area contributed by atoms with E-state index >= 15 is 0 Å². The number of nitrogens with two attached hydrogens (primary N) is 1. The molecule has 2 heteroatoms. The Hall–Kier alpha value is -1.02. The highest BCUT2D eigenvalue weighted by Gasteiger charge is 2.36. The van der Waals surface area contributed by atoms with Crippen LogP contribution in [-0.4, -0.2) is 5.60 Å². The van der Waals surface area contributed by atoms with Crippen molar-refractivity contribution in [2.45, 2.75) is 51.7 Å². The van der Waals surface area contributed by atoms with Crippen LogP contribution >= 0.6 is 0 Å². The summed E-state index contributed by atoms with van der Waals surface area (Å²) in [6.07, 6.45) is 2.96. The highest BCUT2D eigenvalue weighted by atomic mass is 16.5. The third kappa shape index (κ3) is 1.82. The Bertz CT molecular complexity index is 382. The van der Waals surface area contributed by atoms with Crippen LogP contribution in [0.3, 0.4) is 0 Å². The summed E-state index contributed by atoms with van der Waals surface area (Å²) in [5.74, 6) is 0.980. The molecule has 1 aromatic rings. The molecule has 0 saturated carbocycles. The third-order valence-corrected chi connectivity index (χ3v) is 3.77. The van der Waals surface area contributed by atoms with Crippen LogP contribution in [0.15, 0.2) is 18.2 Å². The van der Waals surface area contributed by atoms with Gasteiger partial charge in [0.05, 0.1) is 0 Å². The lowest BCUT2D eigenvalue weighted by Gasteiger charge is -2.40. The normalized spacial score (nSPS) is 22.4. The van der Waals surface area contributed by atoms with E-state index in [1.165, 1.54) is 5.56 Å². The standard InChI is InChI=1S/C14H21NO/c1-4-14(5-2)9-12(15)11-8-10(3)6-7-13(11)16-14/h6-8,12H,4-5,9,15H2,1-3H3/t12-/m0/s1. The number of rotatable bonds is 2. The van der Waals surface area contributed by atoms with Gasteiger partial charge in [-0.3, -0.25) is 0 Å². The van der Waals surface area contributed by atoms with Crippen LogP contribution < -0.4 is 10.5 Å². The fraction of sp³-hybridized carbons (Fsp3) is 0.571. The highest BCUT2D eigenvalue weighted by molar-refractivity contribution is 5.41. The van der Waals surface area contributed by atoms with E-state index in [9.17, 15) is 0 Å². The summed E-state index contributed by atoms with van der Waals surface area (Å²) < 4.78 is 6.16. The predicted molar refractivity (Wildman–Crippen MR) is 66.7 cm³/mol. The van der Waals surface area contributed by atoms with Crippen LogP contribution in [-0.2, 0) is 0 Å². The predicted octanol–water partition coefficient (Wildman–Crippen LogP) is 3.34. The molecule has 0 saturated heterocycles. The lowest BCUT2D eigenvalue weighted by atomic mass is 9.83. The summed E-state index contributed by atoms with van der Waals surface area (Å²) in [5, 5.41) is 0. The smallest absolute Gasteiger partial charge is 0.124 e. The molecule has 0 fully saturated rings. The number of hydrogen-bond acceptors (Lipinski definition) is 2. The van der Waals surface area contributed by atoms with Gasteiger partial charge in [-0.1, -0.05) is 31.5 Å². The molecule has 0 bridgehead atoms. The molecule has 16 heavy (non-hydrogen) atoms. The zero-order valence-electron chi connectivity index (χ0n) is 10.4. The molecule has 0 amide bonds. The maximum Gasteiger partial charge on any atom is 0.124 e. The zero-order valence-corrected chi connectivity index (χ0v) is 10.4. The fourth-order valence-electron chi connectivity index (χ4n) is 2.52. The molecule has 2 rings (SSSR count). The Labute approximate surface area is 97.8 Å². The second-order valence-corrected chi connectivity index (χ2v) is 4.84. The molecule has 2 N–H and O–H groups in total. The van der Waals surface area contributed by atoms with Crippen LogP contribution in [0.1, 0.15) is 50.3 Å².